The number of methoxy groups -OCH3 is 1. The second-order valence-corrected chi connectivity index (χ2v) is 4.53. The molecule has 0 saturated carbocycles. The summed E-state index contributed by atoms with van der Waals surface area (Å²) < 4.78 is 18.6. The lowest BCUT2D eigenvalue weighted by Gasteiger charge is -2.09. The molecule has 0 fully saturated rings. The molecule has 2 aromatic rings. The van der Waals surface area contributed by atoms with Gasteiger partial charge in [0.05, 0.1) is 23.8 Å². The van der Waals surface area contributed by atoms with Gasteiger partial charge in [0, 0.05) is 12.6 Å². The maximum absolute atomic E-state index is 13.7. The van der Waals surface area contributed by atoms with Crippen LogP contribution in [0.4, 0.5) is 15.8 Å². The summed E-state index contributed by atoms with van der Waals surface area (Å²) in [5, 5.41) is 17.5. The Labute approximate surface area is 112 Å². The summed E-state index contributed by atoms with van der Waals surface area (Å²) in [7, 11) is 1.31. The first-order chi connectivity index (χ1) is 9.11. The number of nitro benzene ring substituents is 1. The Morgan fingerprint density at radius 1 is 1.53 bits per heavy atom. The van der Waals surface area contributed by atoms with Crippen molar-refractivity contribution in [3.05, 3.63) is 50.5 Å². The molecule has 7 heteroatoms. The molecule has 19 heavy (non-hydrogen) atoms. The normalized spacial score (nSPS) is 10.2. The number of ether oxygens (including phenoxy) is 1. The minimum Gasteiger partial charge on any atom is -0.490 e. The van der Waals surface area contributed by atoms with Crippen molar-refractivity contribution < 1.29 is 14.1 Å². The zero-order chi connectivity index (χ0) is 13.8. The molecule has 1 N–H and O–H groups in total. The molecule has 0 atom stereocenters. The lowest BCUT2D eigenvalue weighted by atomic mass is 10.2. The third-order valence-electron chi connectivity index (χ3n) is 2.53. The molecule has 0 aliphatic rings. The number of nitrogens with zero attached hydrogens (tertiary/aromatic N) is 1. The van der Waals surface area contributed by atoms with Crippen molar-refractivity contribution in [3.63, 3.8) is 0 Å². The van der Waals surface area contributed by atoms with E-state index in [4.69, 9.17) is 4.74 Å². The van der Waals surface area contributed by atoms with E-state index in [-0.39, 0.29) is 17.1 Å². The summed E-state index contributed by atoms with van der Waals surface area (Å²) in [5.74, 6) is -0.651. The van der Waals surface area contributed by atoms with E-state index < -0.39 is 10.7 Å². The van der Waals surface area contributed by atoms with Crippen LogP contribution in [0.15, 0.2) is 29.0 Å². The number of benzene rings is 1. The number of thiophene rings is 1. The Hall–Kier alpha value is -2.15. The van der Waals surface area contributed by atoms with E-state index in [0.717, 1.165) is 11.6 Å². The number of anilines is 1. The van der Waals surface area contributed by atoms with Crippen molar-refractivity contribution >= 4 is 22.7 Å². The van der Waals surface area contributed by atoms with Crippen LogP contribution in [0.25, 0.3) is 0 Å². The molecule has 1 aromatic heterocycles. The maximum atomic E-state index is 13.7. The van der Waals surface area contributed by atoms with E-state index >= 15 is 0 Å². The molecule has 1 heterocycles. The minimum absolute atomic E-state index is 0.0271. The highest BCUT2D eigenvalue weighted by Crippen LogP contribution is 2.32. The van der Waals surface area contributed by atoms with Crippen LogP contribution in [-0.4, -0.2) is 12.0 Å². The lowest BCUT2D eigenvalue weighted by Crippen LogP contribution is -2.03. The monoisotopic (exact) mass is 282 g/mol. The summed E-state index contributed by atoms with van der Waals surface area (Å²) in [6, 6.07) is 4.06. The molecule has 0 aliphatic carbocycles. The Bertz CT molecular complexity index is 587. The van der Waals surface area contributed by atoms with Gasteiger partial charge in [-0.1, -0.05) is 0 Å². The smallest absolute Gasteiger partial charge is 0.313 e. The van der Waals surface area contributed by atoms with Crippen LogP contribution in [0.1, 0.15) is 5.56 Å². The highest BCUT2D eigenvalue weighted by molar-refractivity contribution is 7.07. The standard InChI is InChI=1S/C12H11FN2O3S/c1-18-12-5-10(9(13)4-11(12)15(16)17)14-6-8-2-3-19-7-8/h2-5,7,14H,6H2,1H3. The van der Waals surface area contributed by atoms with Gasteiger partial charge in [0.15, 0.2) is 11.6 Å². The third kappa shape index (κ3) is 3.00. The average Bonchev–Trinajstić information content (AvgIpc) is 2.90. The van der Waals surface area contributed by atoms with Crippen LogP contribution in [-0.2, 0) is 6.54 Å². The molecule has 0 saturated heterocycles. The van der Waals surface area contributed by atoms with Crippen LogP contribution < -0.4 is 10.1 Å². The number of hydrogen-bond donors (Lipinski definition) is 1. The molecule has 0 spiro atoms. The molecule has 0 amide bonds. The van der Waals surface area contributed by atoms with Gasteiger partial charge in [-0.3, -0.25) is 10.1 Å². The van der Waals surface area contributed by atoms with E-state index in [1.54, 1.807) is 11.3 Å². The van der Waals surface area contributed by atoms with Crippen LogP contribution >= 0.6 is 11.3 Å². The Morgan fingerprint density at radius 2 is 2.32 bits per heavy atom. The van der Waals surface area contributed by atoms with Crippen molar-refractivity contribution in [1.82, 2.24) is 0 Å². The van der Waals surface area contributed by atoms with Gasteiger partial charge in [0.2, 0.25) is 0 Å². The summed E-state index contributed by atoms with van der Waals surface area (Å²) in [5.41, 5.74) is 0.802. The number of nitrogens with one attached hydrogen (secondary N) is 1. The van der Waals surface area contributed by atoms with Crippen LogP contribution in [0.2, 0.25) is 0 Å². The highest BCUT2D eigenvalue weighted by atomic mass is 32.1. The molecule has 1 aromatic carbocycles. The first-order valence-corrected chi connectivity index (χ1v) is 6.33. The number of nitro groups is 1. The zero-order valence-corrected chi connectivity index (χ0v) is 10.9. The molecule has 0 bridgehead atoms. The van der Waals surface area contributed by atoms with E-state index in [9.17, 15) is 14.5 Å². The second kappa shape index (κ2) is 5.66. The summed E-state index contributed by atoms with van der Waals surface area (Å²) in [4.78, 5) is 10.1. The van der Waals surface area contributed by atoms with Crippen molar-refractivity contribution in [2.45, 2.75) is 6.54 Å². The van der Waals surface area contributed by atoms with Gasteiger partial charge in [-0.15, -0.1) is 0 Å². The molecule has 0 aliphatic heterocycles. The first kappa shape index (κ1) is 13.3. The van der Waals surface area contributed by atoms with Gasteiger partial charge in [0.1, 0.15) is 0 Å². The molecule has 0 unspecified atom stereocenters. The fourth-order valence-electron chi connectivity index (χ4n) is 1.58. The molecule has 5 nitrogen and oxygen atoms in total. The SMILES string of the molecule is COc1cc(NCc2ccsc2)c(F)cc1[N+](=O)[O-]. The van der Waals surface area contributed by atoms with Crippen molar-refractivity contribution in [2.75, 3.05) is 12.4 Å². The Kier molecular flexibility index (Phi) is 3.96. The van der Waals surface area contributed by atoms with Crippen molar-refractivity contribution in [2.24, 2.45) is 0 Å². The summed E-state index contributed by atoms with van der Waals surface area (Å²) >= 11 is 1.55. The van der Waals surface area contributed by atoms with Gasteiger partial charge in [-0.05, 0) is 22.4 Å². The quantitative estimate of drug-likeness (QED) is 0.674. The second-order valence-electron chi connectivity index (χ2n) is 3.75. The number of halogens is 1. The van der Waals surface area contributed by atoms with Gasteiger partial charge in [0.25, 0.3) is 0 Å². The number of hydrogen-bond acceptors (Lipinski definition) is 5. The fraction of sp³-hybridized carbons (Fsp3) is 0.167. The molecular formula is C12H11FN2O3S. The van der Waals surface area contributed by atoms with Gasteiger partial charge >= 0.3 is 5.69 Å². The molecular weight excluding hydrogens is 271 g/mol. The predicted molar refractivity (Wildman–Crippen MR) is 71.3 cm³/mol. The fourth-order valence-corrected chi connectivity index (χ4v) is 2.24. The van der Waals surface area contributed by atoms with E-state index in [0.29, 0.717) is 6.54 Å². The Balaban J connectivity index is 2.23. The van der Waals surface area contributed by atoms with Crippen LogP contribution in [0.5, 0.6) is 5.75 Å². The predicted octanol–water partition coefficient (Wildman–Crippen LogP) is 3.42. The summed E-state index contributed by atoms with van der Waals surface area (Å²) in [6.07, 6.45) is 0. The van der Waals surface area contributed by atoms with E-state index in [1.165, 1.54) is 13.2 Å². The third-order valence-corrected chi connectivity index (χ3v) is 3.26. The minimum atomic E-state index is -0.678. The summed E-state index contributed by atoms with van der Waals surface area (Å²) in [6.45, 7) is 0.446. The van der Waals surface area contributed by atoms with Crippen molar-refractivity contribution in [3.8, 4) is 5.75 Å². The topological polar surface area (TPSA) is 64.4 Å². The molecule has 0 radical (unpaired) electrons. The molecule has 2 rings (SSSR count). The lowest BCUT2D eigenvalue weighted by molar-refractivity contribution is -0.385. The Morgan fingerprint density at radius 3 is 2.89 bits per heavy atom. The zero-order valence-electron chi connectivity index (χ0n) is 10.1. The van der Waals surface area contributed by atoms with Gasteiger partial charge < -0.3 is 10.1 Å². The molecule has 100 valence electrons. The van der Waals surface area contributed by atoms with Crippen molar-refractivity contribution in [1.29, 1.82) is 0 Å². The van der Waals surface area contributed by atoms with E-state index in [2.05, 4.69) is 5.32 Å². The average molecular weight is 282 g/mol. The van der Waals surface area contributed by atoms with Gasteiger partial charge in [-0.2, -0.15) is 11.3 Å². The van der Waals surface area contributed by atoms with E-state index in [1.807, 2.05) is 16.8 Å². The van der Waals surface area contributed by atoms with Gasteiger partial charge in [-0.25, -0.2) is 4.39 Å². The van der Waals surface area contributed by atoms with Crippen LogP contribution in [0.3, 0.4) is 0 Å². The first-order valence-electron chi connectivity index (χ1n) is 5.38. The largest absolute Gasteiger partial charge is 0.490 e. The number of rotatable bonds is 5. The highest BCUT2D eigenvalue weighted by Gasteiger charge is 2.19. The van der Waals surface area contributed by atoms with Crippen LogP contribution in [0, 0.1) is 15.9 Å². The maximum Gasteiger partial charge on any atom is 0.313 e.